The topological polar surface area (TPSA) is 107 Å². The number of hydrogen-bond donors (Lipinski definition) is 0. The number of benzene rings is 2. The Morgan fingerprint density at radius 1 is 1.05 bits per heavy atom. The van der Waals surface area contributed by atoms with E-state index in [2.05, 4.69) is 15.0 Å². The first-order chi connectivity index (χ1) is 19.5. The van der Waals surface area contributed by atoms with E-state index in [1.807, 2.05) is 30.3 Å². The van der Waals surface area contributed by atoms with Crippen LogP contribution in [0, 0.1) is 0 Å². The van der Waals surface area contributed by atoms with E-state index in [-0.39, 0.29) is 23.7 Å². The van der Waals surface area contributed by atoms with E-state index in [9.17, 15) is 26.4 Å². The minimum absolute atomic E-state index is 0.0659. The second-order valence-corrected chi connectivity index (χ2v) is 11.6. The number of amides is 1. The van der Waals surface area contributed by atoms with E-state index in [1.165, 1.54) is 35.2 Å². The van der Waals surface area contributed by atoms with Crippen LogP contribution in [0.1, 0.15) is 42.3 Å². The Hall–Kier alpha value is -4.26. The molecule has 41 heavy (non-hydrogen) atoms. The summed E-state index contributed by atoms with van der Waals surface area (Å²) in [5.74, 6) is 0.455. The Balaban J connectivity index is 1.57. The molecule has 0 aliphatic carbocycles. The number of rotatable bonds is 6. The average Bonchev–Trinajstić information content (AvgIpc) is 3.41. The summed E-state index contributed by atoms with van der Waals surface area (Å²) in [6.45, 7) is 0.443. The summed E-state index contributed by atoms with van der Waals surface area (Å²) in [6, 6.07) is 14.8. The van der Waals surface area contributed by atoms with Gasteiger partial charge in [-0.1, -0.05) is 42.5 Å². The molecule has 2 aromatic heterocycles. The zero-order chi connectivity index (χ0) is 29.2. The highest BCUT2D eigenvalue weighted by molar-refractivity contribution is 7.90. The Labute approximate surface area is 234 Å². The lowest BCUT2D eigenvalue weighted by Gasteiger charge is -2.34. The number of carbonyl (C=O) groups is 1. The maximum atomic E-state index is 13.5. The number of piperidine rings is 1. The van der Waals surface area contributed by atoms with Crippen LogP contribution in [0.2, 0.25) is 0 Å². The number of ether oxygens (including phenoxy) is 1. The first-order valence-electron chi connectivity index (χ1n) is 12.8. The molecule has 0 spiro atoms. The molecule has 0 radical (unpaired) electrons. The predicted molar refractivity (Wildman–Crippen MR) is 143 cm³/mol. The van der Waals surface area contributed by atoms with Crippen molar-refractivity contribution < 1.29 is 31.1 Å². The molecule has 2 aromatic carbocycles. The van der Waals surface area contributed by atoms with Crippen molar-refractivity contribution in [1.29, 1.82) is 0 Å². The van der Waals surface area contributed by atoms with E-state index < -0.39 is 38.9 Å². The van der Waals surface area contributed by atoms with E-state index in [4.69, 9.17) is 4.74 Å². The molecule has 1 saturated heterocycles. The minimum Gasteiger partial charge on any atom is -0.445 e. The lowest BCUT2D eigenvalue weighted by atomic mass is 10.0. The van der Waals surface area contributed by atoms with Crippen molar-refractivity contribution >= 4 is 15.9 Å². The van der Waals surface area contributed by atoms with Crippen molar-refractivity contribution in [2.24, 2.45) is 0 Å². The molecule has 1 unspecified atom stereocenters. The maximum Gasteiger partial charge on any atom is 0.416 e. The van der Waals surface area contributed by atoms with Gasteiger partial charge in [-0.25, -0.2) is 28.2 Å². The highest BCUT2D eigenvalue weighted by Crippen LogP contribution is 2.36. The smallest absolute Gasteiger partial charge is 0.416 e. The van der Waals surface area contributed by atoms with Gasteiger partial charge in [0.25, 0.3) is 0 Å². The molecular formula is C28H26F3N5O4S. The van der Waals surface area contributed by atoms with Crippen molar-refractivity contribution in [3.05, 3.63) is 90.0 Å². The molecule has 13 heteroatoms. The van der Waals surface area contributed by atoms with E-state index in [1.54, 1.807) is 4.90 Å². The summed E-state index contributed by atoms with van der Waals surface area (Å²) in [4.78, 5) is 27.5. The Bertz CT molecular complexity index is 1660. The molecule has 1 fully saturated rings. The molecule has 3 heterocycles. The van der Waals surface area contributed by atoms with Crippen LogP contribution in [-0.2, 0) is 27.4 Å². The standard InChI is InChI=1S/C28H26F3N5O4S/c1-41(38,39)26-32-14-13-24(34-26)36-17-22(20-10-7-11-21(16-20)28(29,30)31)33-25(36)23-12-5-6-15-35(23)27(37)40-18-19-8-3-2-4-9-19/h2-4,7-11,13-14,16-17,23H,5-6,12,15,18H2,1H3. The Morgan fingerprint density at radius 2 is 1.83 bits per heavy atom. The summed E-state index contributed by atoms with van der Waals surface area (Å²) in [7, 11) is -3.76. The molecule has 9 nitrogen and oxygen atoms in total. The third-order valence-electron chi connectivity index (χ3n) is 6.66. The predicted octanol–water partition coefficient (Wildman–Crippen LogP) is 5.62. The van der Waals surface area contributed by atoms with Gasteiger partial charge in [0.15, 0.2) is 0 Å². The monoisotopic (exact) mass is 585 g/mol. The van der Waals surface area contributed by atoms with Crippen LogP contribution in [0.3, 0.4) is 0 Å². The van der Waals surface area contributed by atoms with Crippen LogP contribution < -0.4 is 0 Å². The highest BCUT2D eigenvalue weighted by atomic mass is 32.2. The fraction of sp³-hybridized carbons (Fsp3) is 0.286. The molecule has 5 rings (SSSR count). The van der Waals surface area contributed by atoms with Gasteiger partial charge < -0.3 is 4.74 Å². The van der Waals surface area contributed by atoms with Gasteiger partial charge in [0, 0.05) is 30.8 Å². The molecule has 1 aliphatic rings. The SMILES string of the molecule is CS(=O)(=O)c1nccc(-n2cc(-c3cccc(C(F)(F)F)c3)nc2C2CCCCN2C(=O)OCc2ccccc2)n1. The van der Waals surface area contributed by atoms with E-state index >= 15 is 0 Å². The molecule has 214 valence electrons. The number of alkyl halides is 3. The molecule has 0 saturated carbocycles. The van der Waals surface area contributed by atoms with Gasteiger partial charge in [0.05, 0.1) is 17.3 Å². The largest absolute Gasteiger partial charge is 0.445 e. The number of likely N-dealkylation sites (tertiary alicyclic amines) is 1. The van der Waals surface area contributed by atoms with Crippen molar-refractivity contribution in [3.8, 4) is 17.1 Å². The first-order valence-corrected chi connectivity index (χ1v) is 14.7. The minimum atomic E-state index is -4.55. The average molecular weight is 586 g/mol. The van der Waals surface area contributed by atoms with Gasteiger partial charge in [-0.3, -0.25) is 9.47 Å². The van der Waals surface area contributed by atoms with Crippen LogP contribution >= 0.6 is 0 Å². The van der Waals surface area contributed by atoms with Gasteiger partial charge >= 0.3 is 12.3 Å². The van der Waals surface area contributed by atoms with Crippen molar-refractivity contribution in [3.63, 3.8) is 0 Å². The Kier molecular flexibility index (Phi) is 7.80. The van der Waals surface area contributed by atoms with Gasteiger partial charge in [0.2, 0.25) is 15.0 Å². The summed E-state index contributed by atoms with van der Waals surface area (Å²) < 4.78 is 71.8. The van der Waals surface area contributed by atoms with Gasteiger partial charge in [-0.05, 0) is 43.0 Å². The normalized spacial score (nSPS) is 16.0. The second-order valence-electron chi connectivity index (χ2n) is 9.65. The summed E-state index contributed by atoms with van der Waals surface area (Å²) in [5, 5.41) is -0.418. The van der Waals surface area contributed by atoms with E-state index in [0.29, 0.717) is 18.8 Å². The van der Waals surface area contributed by atoms with Crippen molar-refractivity contribution in [1.82, 2.24) is 24.4 Å². The Morgan fingerprint density at radius 3 is 2.56 bits per heavy atom. The van der Waals surface area contributed by atoms with Crippen LogP contribution in [-0.4, -0.2) is 51.7 Å². The number of nitrogens with zero attached hydrogens (tertiary/aromatic N) is 5. The van der Waals surface area contributed by atoms with Gasteiger partial charge in [0.1, 0.15) is 18.2 Å². The van der Waals surface area contributed by atoms with Crippen molar-refractivity contribution in [2.45, 2.75) is 43.2 Å². The molecule has 1 amide bonds. The maximum absolute atomic E-state index is 13.5. The van der Waals surface area contributed by atoms with Crippen LogP contribution in [0.4, 0.5) is 18.0 Å². The van der Waals surface area contributed by atoms with Crippen LogP contribution in [0.15, 0.2) is 78.2 Å². The summed E-state index contributed by atoms with van der Waals surface area (Å²) >= 11 is 0. The van der Waals surface area contributed by atoms with Crippen LogP contribution in [0.25, 0.3) is 17.1 Å². The van der Waals surface area contributed by atoms with E-state index in [0.717, 1.165) is 36.8 Å². The molecule has 1 atom stereocenters. The molecule has 0 bridgehead atoms. The number of carbonyl (C=O) groups excluding carboxylic acids is 1. The second kappa shape index (κ2) is 11.3. The number of aromatic nitrogens is 4. The number of halogens is 3. The lowest BCUT2D eigenvalue weighted by molar-refractivity contribution is -0.137. The molecule has 0 N–H and O–H groups in total. The lowest BCUT2D eigenvalue weighted by Crippen LogP contribution is -2.40. The zero-order valence-corrected chi connectivity index (χ0v) is 22.8. The van der Waals surface area contributed by atoms with Crippen molar-refractivity contribution in [2.75, 3.05) is 12.8 Å². The number of imidazole rings is 1. The quantitative estimate of drug-likeness (QED) is 0.271. The van der Waals surface area contributed by atoms with Gasteiger partial charge in [-0.2, -0.15) is 13.2 Å². The highest BCUT2D eigenvalue weighted by Gasteiger charge is 2.34. The van der Waals surface area contributed by atoms with Crippen LogP contribution in [0.5, 0.6) is 0 Å². The summed E-state index contributed by atoms with van der Waals surface area (Å²) in [6.07, 6.45) is 0.612. The third-order valence-corrected chi connectivity index (χ3v) is 7.52. The number of sulfone groups is 1. The fourth-order valence-corrected chi connectivity index (χ4v) is 5.18. The number of hydrogen-bond acceptors (Lipinski definition) is 7. The van der Waals surface area contributed by atoms with Gasteiger partial charge in [-0.15, -0.1) is 0 Å². The summed E-state index contributed by atoms with van der Waals surface area (Å²) in [5.41, 5.74) is 0.383. The zero-order valence-electron chi connectivity index (χ0n) is 22.0. The third kappa shape index (κ3) is 6.40. The fourth-order valence-electron chi connectivity index (χ4n) is 4.67. The molecule has 4 aromatic rings. The molecular weight excluding hydrogens is 559 g/mol. The first kappa shape index (κ1) is 28.3. The molecule has 1 aliphatic heterocycles.